The lowest BCUT2D eigenvalue weighted by Crippen LogP contribution is -2.05. The molecule has 1 aromatic rings. The summed E-state index contributed by atoms with van der Waals surface area (Å²) in [6, 6.07) is 5.66. The van der Waals surface area contributed by atoms with E-state index >= 15 is 0 Å². The Morgan fingerprint density at radius 2 is 2.18 bits per heavy atom. The van der Waals surface area contributed by atoms with E-state index in [4.69, 9.17) is 27.9 Å². The predicted molar refractivity (Wildman–Crippen MR) is 70.7 cm³/mol. The lowest BCUT2D eigenvalue weighted by Gasteiger charge is -2.10. The second-order valence-corrected chi connectivity index (χ2v) is 4.75. The van der Waals surface area contributed by atoms with Gasteiger partial charge in [0.1, 0.15) is 0 Å². The molecule has 0 bridgehead atoms. The zero-order valence-electron chi connectivity index (χ0n) is 10.0. The topological polar surface area (TPSA) is 26.3 Å². The summed E-state index contributed by atoms with van der Waals surface area (Å²) >= 11 is 12.2. The Bertz CT molecular complexity index is 391. The quantitative estimate of drug-likeness (QED) is 0.592. The Balaban J connectivity index is 2.54. The second kappa shape index (κ2) is 6.87. The van der Waals surface area contributed by atoms with Crippen LogP contribution in [0.15, 0.2) is 18.2 Å². The molecule has 0 saturated carbocycles. The molecule has 0 N–H and O–H groups in total. The fraction of sp³-hybridized carbons (Fsp3) is 0.462. The molecule has 0 fully saturated rings. The molecule has 17 heavy (non-hydrogen) atoms. The largest absolute Gasteiger partial charge is 0.466 e. The van der Waals surface area contributed by atoms with Crippen molar-refractivity contribution >= 4 is 29.2 Å². The smallest absolute Gasteiger partial charge is 0.305 e. The molecule has 0 aliphatic heterocycles. The van der Waals surface area contributed by atoms with Crippen LogP contribution < -0.4 is 0 Å². The van der Waals surface area contributed by atoms with E-state index in [0.717, 1.165) is 16.1 Å². The van der Waals surface area contributed by atoms with Crippen LogP contribution in [-0.2, 0) is 9.53 Å². The maximum atomic E-state index is 11.2. The number of benzene rings is 1. The molecule has 0 aromatic heterocycles. The minimum Gasteiger partial charge on any atom is -0.466 e. The number of aryl methyl sites for hydroxylation is 1. The summed E-state index contributed by atoms with van der Waals surface area (Å²) in [5, 5.41) is 0.540. The maximum Gasteiger partial charge on any atom is 0.305 e. The van der Waals surface area contributed by atoms with Gasteiger partial charge in [-0.1, -0.05) is 23.7 Å². The van der Waals surface area contributed by atoms with Gasteiger partial charge in [0.2, 0.25) is 0 Å². The first-order chi connectivity index (χ1) is 8.04. The number of esters is 1. The third kappa shape index (κ3) is 4.57. The molecule has 4 heteroatoms. The van der Waals surface area contributed by atoms with Crippen LogP contribution in [0, 0.1) is 6.92 Å². The van der Waals surface area contributed by atoms with Crippen molar-refractivity contribution in [1.82, 2.24) is 0 Å². The fourth-order valence-corrected chi connectivity index (χ4v) is 1.87. The number of ether oxygens (including phenoxy) is 1. The first-order valence-electron chi connectivity index (χ1n) is 5.60. The summed E-state index contributed by atoms with van der Waals surface area (Å²) in [6.07, 6.45) is 0.908. The van der Waals surface area contributed by atoms with Crippen molar-refractivity contribution in [2.45, 2.75) is 32.1 Å². The molecule has 1 aromatic carbocycles. The first kappa shape index (κ1) is 14.3. The van der Waals surface area contributed by atoms with Gasteiger partial charge in [-0.15, -0.1) is 11.6 Å². The Labute approximate surface area is 112 Å². The number of carbonyl (C=O) groups is 1. The Morgan fingerprint density at radius 1 is 1.47 bits per heavy atom. The monoisotopic (exact) mass is 274 g/mol. The molecule has 0 amide bonds. The molecular weight excluding hydrogens is 259 g/mol. The zero-order valence-corrected chi connectivity index (χ0v) is 11.5. The van der Waals surface area contributed by atoms with Crippen LogP contribution in [0.1, 0.15) is 36.3 Å². The van der Waals surface area contributed by atoms with Crippen LogP contribution in [0.3, 0.4) is 0 Å². The van der Waals surface area contributed by atoms with Crippen LogP contribution in [0.25, 0.3) is 0 Å². The van der Waals surface area contributed by atoms with E-state index in [9.17, 15) is 4.79 Å². The van der Waals surface area contributed by atoms with Crippen LogP contribution >= 0.6 is 23.2 Å². The van der Waals surface area contributed by atoms with E-state index in [-0.39, 0.29) is 11.3 Å². The van der Waals surface area contributed by atoms with E-state index in [2.05, 4.69) is 0 Å². The van der Waals surface area contributed by atoms with E-state index in [0.29, 0.717) is 19.4 Å². The van der Waals surface area contributed by atoms with Gasteiger partial charge in [-0.2, -0.15) is 0 Å². The van der Waals surface area contributed by atoms with Gasteiger partial charge in [-0.25, -0.2) is 0 Å². The summed E-state index contributed by atoms with van der Waals surface area (Å²) in [4.78, 5) is 11.2. The van der Waals surface area contributed by atoms with Gasteiger partial charge in [-0.3, -0.25) is 4.79 Å². The Kier molecular flexibility index (Phi) is 5.79. The Hall–Kier alpha value is -0.730. The molecule has 0 heterocycles. The molecule has 2 nitrogen and oxygen atoms in total. The van der Waals surface area contributed by atoms with Crippen molar-refractivity contribution in [2.75, 3.05) is 6.61 Å². The molecule has 0 aliphatic carbocycles. The minimum atomic E-state index is -0.205. The predicted octanol–water partition coefficient (Wildman–Crippen LogP) is 4.27. The first-order valence-corrected chi connectivity index (χ1v) is 6.41. The highest BCUT2D eigenvalue weighted by molar-refractivity contribution is 6.31. The van der Waals surface area contributed by atoms with Gasteiger partial charge >= 0.3 is 5.97 Å². The molecule has 0 saturated heterocycles. The molecule has 1 rings (SSSR count). The standard InChI is InChI=1S/C13H16Cl2O2/c1-3-17-13(16)7-6-12(15)10-4-5-11(14)9(2)8-10/h4-5,8,12H,3,6-7H2,1-2H3. The maximum absolute atomic E-state index is 11.2. The van der Waals surface area contributed by atoms with Gasteiger partial charge in [0.25, 0.3) is 0 Å². The normalized spacial score (nSPS) is 12.2. The number of carbonyl (C=O) groups excluding carboxylic acids is 1. The van der Waals surface area contributed by atoms with E-state index in [1.165, 1.54) is 0 Å². The minimum absolute atomic E-state index is 0.185. The highest BCUT2D eigenvalue weighted by Gasteiger charge is 2.12. The SMILES string of the molecule is CCOC(=O)CCC(Cl)c1ccc(Cl)c(C)c1. The van der Waals surface area contributed by atoms with Crippen LogP contribution in [0.2, 0.25) is 5.02 Å². The van der Waals surface area contributed by atoms with Crippen molar-refractivity contribution in [1.29, 1.82) is 0 Å². The van der Waals surface area contributed by atoms with Crippen molar-refractivity contribution in [3.05, 3.63) is 34.3 Å². The Morgan fingerprint density at radius 3 is 2.76 bits per heavy atom. The van der Waals surface area contributed by atoms with Gasteiger partial charge in [0.15, 0.2) is 0 Å². The molecule has 1 atom stereocenters. The summed E-state index contributed by atoms with van der Waals surface area (Å²) in [6.45, 7) is 4.13. The summed E-state index contributed by atoms with van der Waals surface area (Å²) in [7, 11) is 0. The second-order valence-electron chi connectivity index (χ2n) is 3.82. The van der Waals surface area contributed by atoms with Crippen molar-refractivity contribution in [2.24, 2.45) is 0 Å². The summed E-state index contributed by atoms with van der Waals surface area (Å²) < 4.78 is 4.85. The third-order valence-electron chi connectivity index (χ3n) is 2.45. The molecule has 0 aliphatic rings. The average Bonchev–Trinajstić information content (AvgIpc) is 2.30. The lowest BCUT2D eigenvalue weighted by molar-refractivity contribution is -0.143. The summed E-state index contributed by atoms with van der Waals surface area (Å²) in [5.41, 5.74) is 1.98. The fourth-order valence-electron chi connectivity index (χ4n) is 1.51. The summed E-state index contributed by atoms with van der Waals surface area (Å²) in [5.74, 6) is -0.205. The molecule has 94 valence electrons. The third-order valence-corrected chi connectivity index (χ3v) is 3.35. The van der Waals surface area contributed by atoms with Crippen LogP contribution in [0.5, 0.6) is 0 Å². The highest BCUT2D eigenvalue weighted by Crippen LogP contribution is 2.28. The molecular formula is C13H16Cl2O2. The number of alkyl halides is 1. The van der Waals surface area contributed by atoms with E-state index < -0.39 is 0 Å². The van der Waals surface area contributed by atoms with E-state index in [1.807, 2.05) is 25.1 Å². The zero-order chi connectivity index (χ0) is 12.8. The van der Waals surface area contributed by atoms with Crippen LogP contribution in [0.4, 0.5) is 0 Å². The molecule has 0 radical (unpaired) electrons. The lowest BCUT2D eigenvalue weighted by atomic mass is 10.1. The number of hydrogen-bond donors (Lipinski definition) is 0. The van der Waals surface area contributed by atoms with E-state index in [1.54, 1.807) is 6.92 Å². The van der Waals surface area contributed by atoms with Gasteiger partial charge in [-0.05, 0) is 37.5 Å². The number of halogens is 2. The van der Waals surface area contributed by atoms with Gasteiger partial charge < -0.3 is 4.74 Å². The van der Waals surface area contributed by atoms with Gasteiger partial charge in [0.05, 0.1) is 12.0 Å². The van der Waals surface area contributed by atoms with Crippen LogP contribution in [-0.4, -0.2) is 12.6 Å². The van der Waals surface area contributed by atoms with Crippen molar-refractivity contribution in [3.63, 3.8) is 0 Å². The number of rotatable bonds is 5. The average molecular weight is 275 g/mol. The van der Waals surface area contributed by atoms with Gasteiger partial charge in [0, 0.05) is 11.4 Å². The van der Waals surface area contributed by atoms with Crippen molar-refractivity contribution < 1.29 is 9.53 Å². The molecule has 1 unspecified atom stereocenters. The highest BCUT2D eigenvalue weighted by atomic mass is 35.5. The number of hydrogen-bond acceptors (Lipinski definition) is 2. The van der Waals surface area contributed by atoms with Crippen molar-refractivity contribution in [3.8, 4) is 0 Å². The molecule has 0 spiro atoms.